The standard InChI is InChI=1S/C13H19NO/c1-2-3-9-13(15)11-14-10-12-7-5-4-6-8-12/h2,4-8,13-15H,1,3,9-11H2. The molecule has 0 bridgehead atoms. The quantitative estimate of drug-likeness (QED) is 0.668. The van der Waals surface area contributed by atoms with Crippen molar-refractivity contribution in [1.29, 1.82) is 0 Å². The molecule has 1 aromatic carbocycles. The molecule has 0 fully saturated rings. The van der Waals surface area contributed by atoms with Crippen LogP contribution in [0.25, 0.3) is 0 Å². The van der Waals surface area contributed by atoms with Crippen LogP contribution in [0, 0.1) is 0 Å². The fourth-order valence-electron chi connectivity index (χ4n) is 1.39. The summed E-state index contributed by atoms with van der Waals surface area (Å²) in [5, 5.41) is 12.8. The van der Waals surface area contributed by atoms with Gasteiger partial charge in [0.05, 0.1) is 6.10 Å². The van der Waals surface area contributed by atoms with Gasteiger partial charge in [0.15, 0.2) is 0 Å². The molecule has 2 heteroatoms. The number of aliphatic hydroxyl groups excluding tert-OH is 1. The number of hydrogen-bond donors (Lipinski definition) is 2. The van der Waals surface area contributed by atoms with Crippen molar-refractivity contribution in [3.05, 3.63) is 48.6 Å². The van der Waals surface area contributed by atoms with E-state index in [4.69, 9.17) is 0 Å². The Morgan fingerprint density at radius 2 is 2.07 bits per heavy atom. The largest absolute Gasteiger partial charge is 0.392 e. The lowest BCUT2D eigenvalue weighted by Gasteiger charge is -2.10. The smallest absolute Gasteiger partial charge is 0.0667 e. The van der Waals surface area contributed by atoms with E-state index in [1.165, 1.54) is 5.56 Å². The van der Waals surface area contributed by atoms with E-state index in [2.05, 4.69) is 24.0 Å². The summed E-state index contributed by atoms with van der Waals surface area (Å²) in [4.78, 5) is 0. The maximum absolute atomic E-state index is 9.55. The second-order valence-corrected chi connectivity index (χ2v) is 3.64. The minimum Gasteiger partial charge on any atom is -0.392 e. The van der Waals surface area contributed by atoms with E-state index < -0.39 is 0 Å². The van der Waals surface area contributed by atoms with Crippen LogP contribution in [0.3, 0.4) is 0 Å². The summed E-state index contributed by atoms with van der Waals surface area (Å²) in [7, 11) is 0. The molecule has 1 atom stereocenters. The first-order chi connectivity index (χ1) is 7.33. The molecule has 1 aromatic rings. The molecule has 15 heavy (non-hydrogen) atoms. The second kappa shape index (κ2) is 7.21. The molecule has 1 rings (SSSR count). The third kappa shape index (κ3) is 5.35. The normalized spacial score (nSPS) is 12.3. The number of rotatable bonds is 7. The number of benzene rings is 1. The number of hydrogen-bond acceptors (Lipinski definition) is 2. The van der Waals surface area contributed by atoms with Crippen LogP contribution >= 0.6 is 0 Å². The number of nitrogens with one attached hydrogen (secondary N) is 1. The molecular weight excluding hydrogens is 186 g/mol. The first-order valence-corrected chi connectivity index (χ1v) is 5.36. The maximum Gasteiger partial charge on any atom is 0.0667 e. The van der Waals surface area contributed by atoms with Crippen molar-refractivity contribution in [2.24, 2.45) is 0 Å². The highest BCUT2D eigenvalue weighted by Crippen LogP contribution is 1.99. The van der Waals surface area contributed by atoms with Crippen molar-refractivity contribution in [3.8, 4) is 0 Å². The van der Waals surface area contributed by atoms with Crippen LogP contribution in [0.2, 0.25) is 0 Å². The first kappa shape index (κ1) is 12.0. The summed E-state index contributed by atoms with van der Waals surface area (Å²) < 4.78 is 0. The van der Waals surface area contributed by atoms with E-state index in [-0.39, 0.29) is 6.10 Å². The van der Waals surface area contributed by atoms with E-state index in [1.54, 1.807) is 0 Å². The minimum absolute atomic E-state index is 0.272. The average Bonchev–Trinajstić information content (AvgIpc) is 2.28. The van der Waals surface area contributed by atoms with Crippen molar-refractivity contribution >= 4 is 0 Å². The van der Waals surface area contributed by atoms with E-state index in [0.717, 1.165) is 19.4 Å². The van der Waals surface area contributed by atoms with Crippen molar-refractivity contribution in [1.82, 2.24) is 5.32 Å². The summed E-state index contributed by atoms with van der Waals surface area (Å²) in [6, 6.07) is 10.2. The second-order valence-electron chi connectivity index (χ2n) is 3.64. The Bertz CT molecular complexity index is 271. The van der Waals surface area contributed by atoms with Crippen molar-refractivity contribution in [3.63, 3.8) is 0 Å². The number of allylic oxidation sites excluding steroid dienone is 1. The van der Waals surface area contributed by atoms with Crippen LogP contribution in [0.4, 0.5) is 0 Å². The van der Waals surface area contributed by atoms with E-state index >= 15 is 0 Å². The van der Waals surface area contributed by atoms with Gasteiger partial charge in [-0.2, -0.15) is 0 Å². The van der Waals surface area contributed by atoms with Crippen molar-refractivity contribution in [2.45, 2.75) is 25.5 Å². The molecule has 82 valence electrons. The summed E-state index contributed by atoms with van der Waals surface area (Å²) >= 11 is 0. The zero-order valence-corrected chi connectivity index (χ0v) is 9.02. The first-order valence-electron chi connectivity index (χ1n) is 5.36. The van der Waals surface area contributed by atoms with Crippen molar-refractivity contribution in [2.75, 3.05) is 6.54 Å². The topological polar surface area (TPSA) is 32.3 Å². The lowest BCUT2D eigenvalue weighted by molar-refractivity contribution is 0.162. The molecule has 0 aliphatic rings. The van der Waals surface area contributed by atoms with Crippen LogP contribution in [0.5, 0.6) is 0 Å². The fourth-order valence-corrected chi connectivity index (χ4v) is 1.39. The van der Waals surface area contributed by atoms with Gasteiger partial charge < -0.3 is 10.4 Å². The predicted octanol–water partition coefficient (Wildman–Crippen LogP) is 2.10. The minimum atomic E-state index is -0.272. The van der Waals surface area contributed by atoms with Crippen LogP contribution < -0.4 is 5.32 Å². The molecule has 0 amide bonds. The Labute approximate surface area is 91.6 Å². The van der Waals surface area contributed by atoms with Gasteiger partial charge in [0.2, 0.25) is 0 Å². The van der Waals surface area contributed by atoms with Crippen molar-refractivity contribution < 1.29 is 5.11 Å². The van der Waals surface area contributed by atoms with Gasteiger partial charge in [-0.3, -0.25) is 0 Å². The molecule has 2 nitrogen and oxygen atoms in total. The van der Waals surface area contributed by atoms with Gasteiger partial charge in [0.25, 0.3) is 0 Å². The lowest BCUT2D eigenvalue weighted by Crippen LogP contribution is -2.26. The van der Waals surface area contributed by atoms with Gasteiger partial charge in [-0.25, -0.2) is 0 Å². The molecule has 0 aliphatic carbocycles. The highest BCUT2D eigenvalue weighted by molar-refractivity contribution is 5.14. The molecule has 0 heterocycles. The molecule has 0 aliphatic heterocycles. The third-order valence-corrected chi connectivity index (χ3v) is 2.26. The Balaban J connectivity index is 2.13. The van der Waals surface area contributed by atoms with Crippen LogP contribution in [-0.2, 0) is 6.54 Å². The molecule has 0 saturated heterocycles. The predicted molar refractivity (Wildman–Crippen MR) is 63.6 cm³/mol. The van der Waals surface area contributed by atoms with E-state index in [0.29, 0.717) is 6.54 Å². The van der Waals surface area contributed by atoms with Crippen LogP contribution in [0.1, 0.15) is 18.4 Å². The number of aliphatic hydroxyl groups is 1. The summed E-state index contributed by atoms with van der Waals surface area (Å²) in [6.07, 6.45) is 3.21. The maximum atomic E-state index is 9.55. The van der Waals surface area contributed by atoms with Gasteiger partial charge in [-0.05, 0) is 18.4 Å². The molecule has 0 saturated carbocycles. The summed E-state index contributed by atoms with van der Waals surface area (Å²) in [6.45, 7) is 5.08. The lowest BCUT2D eigenvalue weighted by atomic mass is 10.2. The fraction of sp³-hybridized carbons (Fsp3) is 0.385. The summed E-state index contributed by atoms with van der Waals surface area (Å²) in [5.74, 6) is 0. The zero-order valence-electron chi connectivity index (χ0n) is 9.02. The third-order valence-electron chi connectivity index (χ3n) is 2.26. The molecule has 2 N–H and O–H groups in total. The molecule has 1 unspecified atom stereocenters. The van der Waals surface area contributed by atoms with Gasteiger partial charge in [-0.15, -0.1) is 6.58 Å². The molecule has 0 radical (unpaired) electrons. The van der Waals surface area contributed by atoms with Gasteiger partial charge in [-0.1, -0.05) is 36.4 Å². The van der Waals surface area contributed by atoms with Crippen LogP contribution in [0.15, 0.2) is 43.0 Å². The molecule has 0 aromatic heterocycles. The Hall–Kier alpha value is -1.12. The van der Waals surface area contributed by atoms with Gasteiger partial charge in [0, 0.05) is 13.1 Å². The molecule has 0 spiro atoms. The van der Waals surface area contributed by atoms with Gasteiger partial charge in [0.1, 0.15) is 0 Å². The monoisotopic (exact) mass is 205 g/mol. The summed E-state index contributed by atoms with van der Waals surface area (Å²) in [5.41, 5.74) is 1.24. The Kier molecular flexibility index (Phi) is 5.74. The van der Waals surface area contributed by atoms with E-state index in [9.17, 15) is 5.11 Å². The average molecular weight is 205 g/mol. The van der Waals surface area contributed by atoms with Gasteiger partial charge >= 0.3 is 0 Å². The SMILES string of the molecule is C=CCCC(O)CNCc1ccccc1. The van der Waals surface area contributed by atoms with E-state index in [1.807, 2.05) is 24.3 Å². The highest BCUT2D eigenvalue weighted by atomic mass is 16.3. The Morgan fingerprint density at radius 3 is 2.73 bits per heavy atom. The Morgan fingerprint density at radius 1 is 1.33 bits per heavy atom. The van der Waals surface area contributed by atoms with Crippen LogP contribution in [-0.4, -0.2) is 17.8 Å². The molecular formula is C13H19NO. The highest BCUT2D eigenvalue weighted by Gasteiger charge is 2.01. The zero-order chi connectivity index (χ0) is 10.9.